The van der Waals surface area contributed by atoms with Crippen LogP contribution in [0.4, 0.5) is 4.79 Å². The predicted molar refractivity (Wildman–Crippen MR) is 82.4 cm³/mol. The van der Waals surface area contributed by atoms with Crippen molar-refractivity contribution in [2.24, 2.45) is 0 Å². The molecule has 0 aromatic rings. The van der Waals surface area contributed by atoms with Gasteiger partial charge in [0.25, 0.3) is 0 Å². The van der Waals surface area contributed by atoms with Crippen LogP contribution in [0.2, 0.25) is 0 Å². The number of unbranched alkanes of at least 4 members (excludes halogenated alkanes) is 1. The Labute approximate surface area is 126 Å². The van der Waals surface area contributed by atoms with Gasteiger partial charge in [0.05, 0.1) is 17.0 Å². The summed E-state index contributed by atoms with van der Waals surface area (Å²) in [5.41, 5.74) is -0.491. The largest absolute Gasteiger partial charge is 0.444 e. The molecule has 0 aliphatic carbocycles. The number of nitriles is 1. The molecule has 112 valence electrons. The number of hydrogen-bond acceptors (Lipinski definition) is 4. The molecule has 1 atom stereocenters. The van der Waals surface area contributed by atoms with Gasteiger partial charge in [-0.15, -0.1) is 11.8 Å². The van der Waals surface area contributed by atoms with Crippen molar-refractivity contribution >= 4 is 17.9 Å². The maximum absolute atomic E-state index is 12.4. The summed E-state index contributed by atoms with van der Waals surface area (Å²) in [5, 5.41) is 8.54. The molecule has 0 aromatic carbocycles. The van der Waals surface area contributed by atoms with Gasteiger partial charge >= 0.3 is 6.09 Å². The number of carbonyl (C=O) groups is 1. The molecule has 1 rings (SSSR count). The SMILES string of the molecule is CC(C)(C)OC(=O)N1[C@H](/C=C\CCC#N)CSC1(C)C. The van der Waals surface area contributed by atoms with Crippen LogP contribution in [-0.4, -0.2) is 33.3 Å². The van der Waals surface area contributed by atoms with Gasteiger partial charge in [-0.05, 0) is 41.0 Å². The van der Waals surface area contributed by atoms with E-state index in [1.165, 1.54) is 0 Å². The Hall–Kier alpha value is -1.15. The lowest BCUT2D eigenvalue weighted by Gasteiger charge is -2.35. The number of thioether (sulfide) groups is 1. The summed E-state index contributed by atoms with van der Waals surface area (Å²) in [6.45, 7) is 9.69. The van der Waals surface area contributed by atoms with Crippen LogP contribution >= 0.6 is 11.8 Å². The molecule has 0 bridgehead atoms. The Bertz CT molecular complexity index is 419. The van der Waals surface area contributed by atoms with Crippen molar-refractivity contribution < 1.29 is 9.53 Å². The van der Waals surface area contributed by atoms with Crippen molar-refractivity contribution in [1.82, 2.24) is 4.90 Å². The molecule has 1 aliphatic heterocycles. The molecule has 1 fully saturated rings. The highest BCUT2D eigenvalue weighted by Crippen LogP contribution is 2.40. The number of hydrogen-bond donors (Lipinski definition) is 0. The third-order valence-electron chi connectivity index (χ3n) is 2.89. The molecule has 0 saturated carbocycles. The van der Waals surface area contributed by atoms with E-state index in [-0.39, 0.29) is 17.0 Å². The lowest BCUT2D eigenvalue weighted by atomic mass is 10.2. The third kappa shape index (κ3) is 4.75. The summed E-state index contributed by atoms with van der Waals surface area (Å²) in [7, 11) is 0. The number of ether oxygens (including phenoxy) is 1. The molecule has 0 unspecified atom stereocenters. The highest BCUT2D eigenvalue weighted by Gasteiger charge is 2.44. The summed E-state index contributed by atoms with van der Waals surface area (Å²) < 4.78 is 5.50. The highest BCUT2D eigenvalue weighted by molar-refractivity contribution is 8.00. The zero-order chi connectivity index (χ0) is 15.4. The normalized spacial score (nSPS) is 22.0. The fourth-order valence-corrected chi connectivity index (χ4v) is 3.23. The minimum absolute atomic E-state index is 0.0311. The first-order valence-corrected chi connectivity index (χ1v) is 7.86. The van der Waals surface area contributed by atoms with Crippen LogP contribution in [0, 0.1) is 11.3 Å². The van der Waals surface area contributed by atoms with Gasteiger partial charge in [-0.2, -0.15) is 5.26 Å². The van der Waals surface area contributed by atoms with E-state index in [0.29, 0.717) is 6.42 Å². The molecule has 5 heteroatoms. The van der Waals surface area contributed by atoms with E-state index in [4.69, 9.17) is 10.00 Å². The topological polar surface area (TPSA) is 53.3 Å². The van der Waals surface area contributed by atoms with Crippen molar-refractivity contribution in [3.05, 3.63) is 12.2 Å². The van der Waals surface area contributed by atoms with Gasteiger partial charge in [0, 0.05) is 12.2 Å². The highest BCUT2D eigenvalue weighted by atomic mass is 32.2. The maximum atomic E-state index is 12.4. The molecule has 1 heterocycles. The standard InChI is InChI=1S/C15H24N2O2S/c1-14(2,3)19-13(18)17-12(9-7-6-8-10-16)11-20-15(17,4)5/h7,9,12H,6,8,11H2,1-5H3/b9-7-/t12-/m1/s1. The fourth-order valence-electron chi connectivity index (χ4n) is 2.04. The Morgan fingerprint density at radius 2 is 2.20 bits per heavy atom. The molecule has 0 radical (unpaired) electrons. The Kier molecular flexibility index (Phi) is 5.52. The van der Waals surface area contributed by atoms with Crippen molar-refractivity contribution in [3.63, 3.8) is 0 Å². The van der Waals surface area contributed by atoms with Crippen LogP contribution in [0.5, 0.6) is 0 Å². The first-order chi connectivity index (χ1) is 9.17. The zero-order valence-corrected chi connectivity index (χ0v) is 13.8. The van der Waals surface area contributed by atoms with Crippen LogP contribution in [-0.2, 0) is 4.74 Å². The zero-order valence-electron chi connectivity index (χ0n) is 13.0. The summed E-state index contributed by atoms with van der Waals surface area (Å²) in [5.74, 6) is 0.856. The molecule has 1 amide bonds. The summed E-state index contributed by atoms with van der Waals surface area (Å²) in [4.78, 5) is 13.9. The van der Waals surface area contributed by atoms with Crippen LogP contribution in [0.15, 0.2) is 12.2 Å². The Balaban J connectivity index is 2.78. The average Bonchev–Trinajstić information content (AvgIpc) is 2.58. The number of amides is 1. The number of allylic oxidation sites excluding steroid dienone is 1. The van der Waals surface area contributed by atoms with Gasteiger partial charge in [-0.1, -0.05) is 12.2 Å². The van der Waals surface area contributed by atoms with Crippen LogP contribution in [0.3, 0.4) is 0 Å². The lowest BCUT2D eigenvalue weighted by molar-refractivity contribution is 0.0138. The van der Waals surface area contributed by atoms with E-state index in [1.54, 1.807) is 16.7 Å². The van der Waals surface area contributed by atoms with Gasteiger partial charge in [0.2, 0.25) is 0 Å². The number of carbonyl (C=O) groups excluding carboxylic acids is 1. The van der Waals surface area contributed by atoms with Crippen molar-refractivity contribution in [2.75, 3.05) is 5.75 Å². The number of nitrogens with zero attached hydrogens (tertiary/aromatic N) is 2. The van der Waals surface area contributed by atoms with Gasteiger partial charge < -0.3 is 4.74 Å². The molecule has 0 aromatic heterocycles. The molecule has 1 aliphatic rings. The van der Waals surface area contributed by atoms with Crippen molar-refractivity contribution in [1.29, 1.82) is 5.26 Å². The third-order valence-corrected chi connectivity index (χ3v) is 4.30. The average molecular weight is 296 g/mol. The van der Waals surface area contributed by atoms with E-state index >= 15 is 0 Å². The molecule has 0 N–H and O–H groups in total. The summed E-state index contributed by atoms with van der Waals surface area (Å²) >= 11 is 1.74. The Morgan fingerprint density at radius 1 is 1.55 bits per heavy atom. The Morgan fingerprint density at radius 3 is 2.75 bits per heavy atom. The second-order valence-electron chi connectivity index (χ2n) is 6.30. The first-order valence-electron chi connectivity index (χ1n) is 6.87. The van der Waals surface area contributed by atoms with E-state index in [0.717, 1.165) is 12.2 Å². The molecule has 4 nitrogen and oxygen atoms in total. The smallest absolute Gasteiger partial charge is 0.411 e. The minimum atomic E-state index is -0.491. The second-order valence-corrected chi connectivity index (χ2v) is 7.92. The van der Waals surface area contributed by atoms with E-state index < -0.39 is 5.60 Å². The van der Waals surface area contributed by atoms with E-state index in [2.05, 4.69) is 6.07 Å². The molecule has 0 spiro atoms. The lowest BCUT2D eigenvalue weighted by Crippen LogP contribution is -2.48. The first kappa shape index (κ1) is 16.9. The summed E-state index contributed by atoms with van der Waals surface area (Å²) in [6, 6.07) is 2.14. The molecular weight excluding hydrogens is 272 g/mol. The fraction of sp³-hybridized carbons (Fsp3) is 0.733. The van der Waals surface area contributed by atoms with Gasteiger partial charge in [-0.25, -0.2) is 4.79 Å². The monoisotopic (exact) mass is 296 g/mol. The van der Waals surface area contributed by atoms with Crippen LogP contribution in [0.25, 0.3) is 0 Å². The number of rotatable bonds is 3. The van der Waals surface area contributed by atoms with Gasteiger partial charge in [-0.3, -0.25) is 4.90 Å². The molecule has 20 heavy (non-hydrogen) atoms. The second kappa shape index (κ2) is 6.53. The predicted octanol–water partition coefficient (Wildman–Crippen LogP) is 3.93. The minimum Gasteiger partial charge on any atom is -0.444 e. The van der Waals surface area contributed by atoms with Crippen LogP contribution < -0.4 is 0 Å². The van der Waals surface area contributed by atoms with Crippen molar-refractivity contribution in [2.45, 2.75) is 64.0 Å². The molecular formula is C15H24N2O2S. The molecule has 1 saturated heterocycles. The van der Waals surface area contributed by atoms with Gasteiger partial charge in [0.1, 0.15) is 5.60 Å². The van der Waals surface area contributed by atoms with E-state index in [9.17, 15) is 4.79 Å². The van der Waals surface area contributed by atoms with Crippen LogP contribution in [0.1, 0.15) is 47.5 Å². The quantitative estimate of drug-likeness (QED) is 0.585. The van der Waals surface area contributed by atoms with Gasteiger partial charge in [0.15, 0.2) is 0 Å². The van der Waals surface area contributed by atoms with Crippen molar-refractivity contribution in [3.8, 4) is 6.07 Å². The van der Waals surface area contributed by atoms with E-state index in [1.807, 2.05) is 46.8 Å². The maximum Gasteiger partial charge on any atom is 0.411 e. The summed E-state index contributed by atoms with van der Waals surface area (Å²) in [6.07, 6.45) is 4.95.